The van der Waals surface area contributed by atoms with E-state index in [1.165, 1.54) is 0 Å². The Morgan fingerprint density at radius 3 is 3.25 bits per heavy atom. The summed E-state index contributed by atoms with van der Waals surface area (Å²) in [4.78, 5) is 8.86. The van der Waals surface area contributed by atoms with Gasteiger partial charge in [-0.1, -0.05) is 0 Å². The summed E-state index contributed by atoms with van der Waals surface area (Å²) in [6, 6.07) is 4.38. The van der Waals surface area contributed by atoms with Crippen LogP contribution in [0.1, 0.15) is 6.42 Å². The third kappa shape index (κ3) is 1.53. The predicted octanol–water partition coefficient (Wildman–Crippen LogP) is 0.742. The molecule has 2 N–H and O–H groups in total. The number of hydrogen-bond acceptors (Lipinski definition) is 4. The van der Waals surface area contributed by atoms with E-state index in [-0.39, 0.29) is 0 Å². The summed E-state index contributed by atoms with van der Waals surface area (Å²) in [5.74, 6) is 0.905. The first-order chi connectivity index (χ1) is 7.84. The van der Waals surface area contributed by atoms with Crippen LogP contribution < -0.4 is 10.6 Å². The Hall–Kier alpha value is -1.62. The molecule has 2 aromatic heterocycles. The second-order valence-corrected chi connectivity index (χ2v) is 4.17. The van der Waals surface area contributed by atoms with Crippen molar-refractivity contribution in [2.24, 2.45) is 7.05 Å². The van der Waals surface area contributed by atoms with Crippen LogP contribution in [-0.4, -0.2) is 33.7 Å². The van der Waals surface area contributed by atoms with Crippen LogP contribution in [0.5, 0.6) is 0 Å². The Kier molecular flexibility index (Phi) is 2.25. The van der Waals surface area contributed by atoms with Gasteiger partial charge >= 0.3 is 0 Å². The molecule has 0 radical (unpaired) electrons. The number of nitrogens with zero attached hydrogens (tertiary/aromatic N) is 3. The molecule has 5 heteroatoms. The molecular formula is C11H15N5. The minimum Gasteiger partial charge on any atom is -0.352 e. The molecule has 1 unspecified atom stereocenters. The second kappa shape index (κ2) is 3.75. The fourth-order valence-corrected chi connectivity index (χ4v) is 2.11. The molecule has 1 fully saturated rings. The van der Waals surface area contributed by atoms with Crippen molar-refractivity contribution in [3.63, 3.8) is 0 Å². The van der Waals surface area contributed by atoms with Crippen LogP contribution in [0.25, 0.3) is 11.2 Å². The Bertz CT molecular complexity index is 498. The first-order valence-electron chi connectivity index (χ1n) is 5.59. The van der Waals surface area contributed by atoms with Crippen LogP contribution in [0.15, 0.2) is 18.3 Å². The number of imidazole rings is 1. The van der Waals surface area contributed by atoms with Gasteiger partial charge in [0.1, 0.15) is 5.52 Å². The van der Waals surface area contributed by atoms with Gasteiger partial charge in [0.25, 0.3) is 0 Å². The summed E-state index contributed by atoms with van der Waals surface area (Å²) in [5.41, 5.74) is 1.87. The fourth-order valence-electron chi connectivity index (χ4n) is 2.11. The van der Waals surface area contributed by atoms with Crippen molar-refractivity contribution in [3.8, 4) is 0 Å². The van der Waals surface area contributed by atoms with E-state index in [0.717, 1.165) is 36.6 Å². The number of aryl methyl sites for hydroxylation is 1. The predicted molar refractivity (Wildman–Crippen MR) is 63.4 cm³/mol. The highest BCUT2D eigenvalue weighted by Gasteiger charge is 2.17. The van der Waals surface area contributed by atoms with Crippen LogP contribution >= 0.6 is 0 Å². The summed E-state index contributed by atoms with van der Waals surface area (Å²) in [6.45, 7) is 2.09. The number of nitrogens with one attached hydrogen (secondary N) is 2. The summed E-state index contributed by atoms with van der Waals surface area (Å²) in [5, 5.41) is 6.78. The Balaban J connectivity index is 1.94. The van der Waals surface area contributed by atoms with Gasteiger partial charge in [-0.2, -0.15) is 0 Å². The van der Waals surface area contributed by atoms with E-state index >= 15 is 0 Å². The van der Waals surface area contributed by atoms with Crippen molar-refractivity contribution in [2.75, 3.05) is 18.4 Å². The van der Waals surface area contributed by atoms with Crippen molar-refractivity contribution in [1.29, 1.82) is 0 Å². The van der Waals surface area contributed by atoms with Crippen molar-refractivity contribution in [3.05, 3.63) is 18.3 Å². The molecule has 1 atom stereocenters. The van der Waals surface area contributed by atoms with Gasteiger partial charge in [-0.15, -0.1) is 0 Å². The third-order valence-corrected chi connectivity index (χ3v) is 3.02. The Morgan fingerprint density at radius 2 is 2.50 bits per heavy atom. The molecule has 0 amide bonds. The number of fused-ring (bicyclic) bond motifs is 1. The molecule has 5 nitrogen and oxygen atoms in total. The lowest BCUT2D eigenvalue weighted by Gasteiger charge is -2.11. The molecule has 1 aliphatic heterocycles. The number of anilines is 1. The molecule has 0 saturated carbocycles. The topological polar surface area (TPSA) is 54.8 Å². The van der Waals surface area contributed by atoms with Crippen LogP contribution in [0, 0.1) is 0 Å². The zero-order chi connectivity index (χ0) is 11.0. The van der Waals surface area contributed by atoms with E-state index in [1.54, 1.807) is 6.20 Å². The minimum atomic E-state index is 0.482. The quantitative estimate of drug-likeness (QED) is 0.779. The molecule has 2 aromatic rings. The van der Waals surface area contributed by atoms with Gasteiger partial charge in [0.2, 0.25) is 5.95 Å². The summed E-state index contributed by atoms with van der Waals surface area (Å²) < 4.78 is 2.01. The summed E-state index contributed by atoms with van der Waals surface area (Å²) >= 11 is 0. The number of rotatable bonds is 2. The first kappa shape index (κ1) is 9.59. The summed E-state index contributed by atoms with van der Waals surface area (Å²) in [7, 11) is 1.99. The van der Waals surface area contributed by atoms with E-state index in [0.29, 0.717) is 6.04 Å². The lowest BCUT2D eigenvalue weighted by molar-refractivity contribution is 0.767. The molecule has 16 heavy (non-hydrogen) atoms. The van der Waals surface area contributed by atoms with Gasteiger partial charge in [0.05, 0.1) is 0 Å². The standard InChI is InChI=1S/C11H15N5/c1-16-10-9(3-2-5-13-10)15-11(16)14-8-4-6-12-7-8/h2-3,5,8,12H,4,6-7H2,1H3,(H,14,15). The molecule has 3 rings (SSSR count). The van der Waals surface area contributed by atoms with Crippen LogP contribution in [0.3, 0.4) is 0 Å². The van der Waals surface area contributed by atoms with Crippen LogP contribution in [0.4, 0.5) is 5.95 Å². The SMILES string of the molecule is Cn1c(NC2CCNC2)nc2cccnc21. The zero-order valence-corrected chi connectivity index (χ0v) is 9.27. The van der Waals surface area contributed by atoms with Crippen molar-refractivity contribution < 1.29 is 0 Å². The van der Waals surface area contributed by atoms with E-state index in [1.807, 2.05) is 23.7 Å². The van der Waals surface area contributed by atoms with Crippen molar-refractivity contribution in [1.82, 2.24) is 19.9 Å². The monoisotopic (exact) mass is 217 g/mol. The lowest BCUT2D eigenvalue weighted by Crippen LogP contribution is -2.23. The first-order valence-corrected chi connectivity index (χ1v) is 5.59. The summed E-state index contributed by atoms with van der Waals surface area (Å²) in [6.07, 6.45) is 2.95. The highest BCUT2D eigenvalue weighted by Crippen LogP contribution is 2.17. The van der Waals surface area contributed by atoms with E-state index in [4.69, 9.17) is 0 Å². The van der Waals surface area contributed by atoms with Gasteiger partial charge in [-0.25, -0.2) is 9.97 Å². The molecule has 0 aromatic carbocycles. The molecule has 0 aliphatic carbocycles. The number of pyridine rings is 1. The van der Waals surface area contributed by atoms with E-state index in [9.17, 15) is 0 Å². The number of hydrogen-bond donors (Lipinski definition) is 2. The van der Waals surface area contributed by atoms with Gasteiger partial charge in [0.15, 0.2) is 5.65 Å². The maximum absolute atomic E-state index is 4.54. The normalized spacial score (nSPS) is 20.4. The third-order valence-electron chi connectivity index (χ3n) is 3.02. The molecule has 84 valence electrons. The van der Waals surface area contributed by atoms with Crippen LogP contribution in [-0.2, 0) is 7.05 Å². The maximum atomic E-state index is 4.54. The number of aromatic nitrogens is 3. The smallest absolute Gasteiger partial charge is 0.205 e. The maximum Gasteiger partial charge on any atom is 0.205 e. The van der Waals surface area contributed by atoms with Gasteiger partial charge < -0.3 is 10.6 Å². The molecule has 3 heterocycles. The lowest BCUT2D eigenvalue weighted by atomic mass is 10.3. The fraction of sp³-hybridized carbons (Fsp3) is 0.455. The van der Waals surface area contributed by atoms with Crippen LogP contribution in [0.2, 0.25) is 0 Å². The second-order valence-electron chi connectivity index (χ2n) is 4.17. The Morgan fingerprint density at radius 1 is 1.56 bits per heavy atom. The zero-order valence-electron chi connectivity index (χ0n) is 9.27. The van der Waals surface area contributed by atoms with E-state index < -0.39 is 0 Å². The highest BCUT2D eigenvalue weighted by molar-refractivity contribution is 5.74. The molecule has 0 spiro atoms. The van der Waals surface area contributed by atoms with Gasteiger partial charge in [-0.3, -0.25) is 4.57 Å². The average Bonchev–Trinajstić information content (AvgIpc) is 2.90. The highest BCUT2D eigenvalue weighted by atomic mass is 15.2. The van der Waals surface area contributed by atoms with Crippen molar-refractivity contribution in [2.45, 2.75) is 12.5 Å². The minimum absolute atomic E-state index is 0.482. The molecule has 1 saturated heterocycles. The van der Waals surface area contributed by atoms with Gasteiger partial charge in [-0.05, 0) is 25.1 Å². The van der Waals surface area contributed by atoms with Gasteiger partial charge in [0, 0.05) is 25.8 Å². The molecular weight excluding hydrogens is 202 g/mol. The van der Waals surface area contributed by atoms with E-state index in [2.05, 4.69) is 20.6 Å². The Labute approximate surface area is 93.9 Å². The molecule has 1 aliphatic rings. The average molecular weight is 217 g/mol. The largest absolute Gasteiger partial charge is 0.352 e. The molecule has 0 bridgehead atoms. The van der Waals surface area contributed by atoms with Crippen molar-refractivity contribution >= 4 is 17.1 Å².